The van der Waals surface area contributed by atoms with Gasteiger partial charge in [-0.2, -0.15) is 13.9 Å². The third-order valence-corrected chi connectivity index (χ3v) is 5.33. The number of anilines is 1. The highest BCUT2D eigenvalue weighted by Crippen LogP contribution is 2.29. The van der Waals surface area contributed by atoms with Gasteiger partial charge in [0, 0.05) is 5.69 Å². The SMILES string of the molecule is Cc1nn(Cc2ccc(C(=O)Nc3ccc(OC(F)F)c(Cl)c3)o2)c(C)c1Br. The summed E-state index contributed by atoms with van der Waals surface area (Å²) in [5.41, 5.74) is 2.12. The molecule has 0 fully saturated rings. The van der Waals surface area contributed by atoms with E-state index in [1.165, 1.54) is 18.2 Å². The number of nitrogens with one attached hydrogen (secondary N) is 1. The summed E-state index contributed by atoms with van der Waals surface area (Å²) < 4.78 is 37.1. The molecule has 0 aliphatic rings. The van der Waals surface area contributed by atoms with E-state index >= 15 is 0 Å². The van der Waals surface area contributed by atoms with Crippen molar-refractivity contribution in [3.05, 3.63) is 62.7 Å². The third-order valence-electron chi connectivity index (χ3n) is 3.89. The molecule has 0 aliphatic heterocycles. The van der Waals surface area contributed by atoms with Gasteiger partial charge in [-0.25, -0.2) is 0 Å². The molecule has 0 atom stereocenters. The van der Waals surface area contributed by atoms with Crippen molar-refractivity contribution in [1.29, 1.82) is 0 Å². The fraction of sp³-hybridized carbons (Fsp3) is 0.222. The lowest BCUT2D eigenvalue weighted by Gasteiger charge is -2.09. The van der Waals surface area contributed by atoms with Crippen molar-refractivity contribution >= 4 is 39.1 Å². The predicted octanol–water partition coefficient (Wildman–Crippen LogP) is 5.41. The normalized spacial score (nSPS) is 11.1. The molecule has 0 radical (unpaired) electrons. The van der Waals surface area contributed by atoms with Gasteiger partial charge in [0.2, 0.25) is 0 Å². The molecule has 0 saturated carbocycles. The number of hydrogen-bond donors (Lipinski definition) is 1. The second kappa shape index (κ2) is 8.32. The fourth-order valence-corrected chi connectivity index (χ4v) is 3.03. The molecular weight excluding hydrogens is 460 g/mol. The molecule has 0 saturated heterocycles. The van der Waals surface area contributed by atoms with Gasteiger partial charge < -0.3 is 14.5 Å². The minimum Gasteiger partial charge on any atom is -0.454 e. The van der Waals surface area contributed by atoms with Crippen LogP contribution in [0.5, 0.6) is 5.75 Å². The second-order valence-corrected chi connectivity index (χ2v) is 7.09. The zero-order chi connectivity index (χ0) is 20.4. The summed E-state index contributed by atoms with van der Waals surface area (Å²) in [6, 6.07) is 7.19. The van der Waals surface area contributed by atoms with Crippen LogP contribution in [0.4, 0.5) is 14.5 Å². The van der Waals surface area contributed by atoms with E-state index in [0.29, 0.717) is 18.0 Å². The van der Waals surface area contributed by atoms with E-state index < -0.39 is 12.5 Å². The Labute approximate surface area is 172 Å². The molecule has 2 aromatic heterocycles. The van der Waals surface area contributed by atoms with Crippen molar-refractivity contribution in [2.24, 2.45) is 0 Å². The summed E-state index contributed by atoms with van der Waals surface area (Å²) in [5, 5.41) is 6.94. The third kappa shape index (κ3) is 4.53. The molecule has 148 valence electrons. The first-order valence-electron chi connectivity index (χ1n) is 8.08. The van der Waals surface area contributed by atoms with Gasteiger partial charge in [0.1, 0.15) is 11.5 Å². The number of rotatable bonds is 6. The lowest BCUT2D eigenvalue weighted by Crippen LogP contribution is -2.11. The van der Waals surface area contributed by atoms with E-state index in [2.05, 4.69) is 31.1 Å². The van der Waals surface area contributed by atoms with Crippen LogP contribution in [0, 0.1) is 13.8 Å². The van der Waals surface area contributed by atoms with Crippen LogP contribution >= 0.6 is 27.5 Å². The monoisotopic (exact) mass is 473 g/mol. The first-order chi connectivity index (χ1) is 13.2. The topological polar surface area (TPSA) is 69.3 Å². The van der Waals surface area contributed by atoms with Gasteiger partial charge in [-0.05, 0) is 60.1 Å². The van der Waals surface area contributed by atoms with Crippen LogP contribution in [0.2, 0.25) is 5.02 Å². The molecule has 3 rings (SSSR count). The second-order valence-electron chi connectivity index (χ2n) is 5.89. The molecule has 3 aromatic rings. The average Bonchev–Trinajstić information content (AvgIpc) is 3.18. The van der Waals surface area contributed by atoms with Crippen molar-refractivity contribution in [1.82, 2.24) is 9.78 Å². The number of aromatic nitrogens is 2. The minimum absolute atomic E-state index is 0.0478. The highest BCUT2D eigenvalue weighted by atomic mass is 79.9. The molecule has 0 aliphatic carbocycles. The lowest BCUT2D eigenvalue weighted by atomic mass is 10.3. The van der Waals surface area contributed by atoms with Crippen LogP contribution in [0.1, 0.15) is 27.7 Å². The first kappa shape index (κ1) is 20.3. The number of halogens is 4. The van der Waals surface area contributed by atoms with Gasteiger partial charge in [0.15, 0.2) is 5.76 Å². The van der Waals surface area contributed by atoms with Crippen molar-refractivity contribution in [3.8, 4) is 5.75 Å². The standard InChI is InChI=1S/C18H15BrClF2N3O3/c1-9-16(19)10(2)25(24-9)8-12-4-6-15(27-12)17(26)23-11-3-5-14(13(20)7-11)28-18(21)22/h3-7,18H,8H2,1-2H3,(H,23,26). The van der Waals surface area contributed by atoms with Crippen LogP contribution in [-0.4, -0.2) is 22.3 Å². The number of carbonyl (C=O) groups is 1. The van der Waals surface area contributed by atoms with Gasteiger partial charge in [0.25, 0.3) is 5.91 Å². The number of ether oxygens (including phenoxy) is 1. The van der Waals surface area contributed by atoms with E-state index in [4.69, 9.17) is 16.0 Å². The molecular formula is C18H15BrClF2N3O3. The van der Waals surface area contributed by atoms with E-state index in [0.717, 1.165) is 15.9 Å². The molecule has 6 nitrogen and oxygen atoms in total. The largest absolute Gasteiger partial charge is 0.454 e. The molecule has 28 heavy (non-hydrogen) atoms. The summed E-state index contributed by atoms with van der Waals surface area (Å²) in [6.07, 6.45) is 0. The molecule has 1 amide bonds. The molecule has 2 heterocycles. The van der Waals surface area contributed by atoms with Crippen LogP contribution in [-0.2, 0) is 6.54 Å². The summed E-state index contributed by atoms with van der Waals surface area (Å²) in [5.74, 6) is -0.0213. The smallest absolute Gasteiger partial charge is 0.387 e. The fourth-order valence-electron chi connectivity index (χ4n) is 2.52. The lowest BCUT2D eigenvalue weighted by molar-refractivity contribution is -0.0497. The average molecular weight is 475 g/mol. The van der Waals surface area contributed by atoms with Crippen molar-refractivity contribution in [2.45, 2.75) is 27.0 Å². The maximum atomic E-state index is 12.3. The van der Waals surface area contributed by atoms with Crippen molar-refractivity contribution in [3.63, 3.8) is 0 Å². The Morgan fingerprint density at radius 3 is 2.71 bits per heavy atom. The van der Waals surface area contributed by atoms with Gasteiger partial charge in [0.05, 0.1) is 27.4 Å². The number of furan rings is 1. The number of nitrogens with zero attached hydrogens (tertiary/aromatic N) is 2. The number of carbonyl (C=O) groups excluding carboxylic acids is 1. The Bertz CT molecular complexity index is 1020. The van der Waals surface area contributed by atoms with Gasteiger partial charge in [-0.15, -0.1) is 0 Å². The number of alkyl halides is 2. The number of benzene rings is 1. The number of hydrogen-bond acceptors (Lipinski definition) is 4. The van der Waals surface area contributed by atoms with Crippen LogP contribution in [0.3, 0.4) is 0 Å². The number of aryl methyl sites for hydroxylation is 1. The Kier molecular flexibility index (Phi) is 6.04. The number of amides is 1. The Hall–Kier alpha value is -2.39. The van der Waals surface area contributed by atoms with Crippen LogP contribution < -0.4 is 10.1 Å². The molecule has 10 heteroatoms. The van der Waals surface area contributed by atoms with Crippen molar-refractivity contribution in [2.75, 3.05) is 5.32 Å². The maximum Gasteiger partial charge on any atom is 0.387 e. The highest BCUT2D eigenvalue weighted by molar-refractivity contribution is 9.10. The summed E-state index contributed by atoms with van der Waals surface area (Å²) >= 11 is 9.34. The maximum absolute atomic E-state index is 12.3. The highest BCUT2D eigenvalue weighted by Gasteiger charge is 2.15. The van der Waals surface area contributed by atoms with Crippen LogP contribution in [0.25, 0.3) is 0 Å². The zero-order valence-corrected chi connectivity index (χ0v) is 17.1. The first-order valence-corrected chi connectivity index (χ1v) is 9.25. The van der Waals surface area contributed by atoms with E-state index in [1.54, 1.807) is 16.8 Å². The molecule has 0 bridgehead atoms. The molecule has 0 spiro atoms. The molecule has 1 N–H and O–H groups in total. The van der Waals surface area contributed by atoms with Gasteiger partial charge in [-0.3, -0.25) is 9.48 Å². The molecule has 1 aromatic carbocycles. The summed E-state index contributed by atoms with van der Waals surface area (Å²) in [6.45, 7) is 1.20. The summed E-state index contributed by atoms with van der Waals surface area (Å²) in [4.78, 5) is 12.3. The Morgan fingerprint density at radius 2 is 2.11 bits per heavy atom. The summed E-state index contributed by atoms with van der Waals surface area (Å²) in [7, 11) is 0. The van der Waals surface area contributed by atoms with E-state index in [-0.39, 0.29) is 16.5 Å². The quantitative estimate of drug-likeness (QED) is 0.519. The van der Waals surface area contributed by atoms with Crippen molar-refractivity contribution < 1.29 is 22.7 Å². The van der Waals surface area contributed by atoms with E-state index in [9.17, 15) is 13.6 Å². The molecule has 0 unspecified atom stereocenters. The Balaban J connectivity index is 1.69. The predicted molar refractivity (Wildman–Crippen MR) is 103 cm³/mol. The van der Waals surface area contributed by atoms with E-state index in [1.807, 2.05) is 13.8 Å². The Morgan fingerprint density at radius 1 is 1.36 bits per heavy atom. The van der Waals surface area contributed by atoms with Gasteiger partial charge >= 0.3 is 6.61 Å². The van der Waals surface area contributed by atoms with Gasteiger partial charge in [-0.1, -0.05) is 11.6 Å². The zero-order valence-electron chi connectivity index (χ0n) is 14.8. The minimum atomic E-state index is -2.98. The van der Waals surface area contributed by atoms with Crippen LogP contribution in [0.15, 0.2) is 39.2 Å².